The van der Waals surface area contributed by atoms with Crippen LogP contribution in [0.1, 0.15) is 41.6 Å². The van der Waals surface area contributed by atoms with Gasteiger partial charge < -0.3 is 5.32 Å². The Morgan fingerprint density at radius 2 is 2.11 bits per heavy atom. The maximum absolute atomic E-state index is 12.3. The molecule has 1 aromatic carbocycles. The molecule has 1 fully saturated rings. The van der Waals surface area contributed by atoms with Crippen LogP contribution in [0.25, 0.3) is 0 Å². The van der Waals surface area contributed by atoms with Crippen LogP contribution in [0, 0.1) is 6.92 Å². The predicted octanol–water partition coefficient (Wildman–Crippen LogP) is 4.09. The summed E-state index contributed by atoms with van der Waals surface area (Å²) in [4.78, 5) is 12.3. The van der Waals surface area contributed by atoms with Gasteiger partial charge in [-0.3, -0.25) is 4.79 Å². The lowest BCUT2D eigenvalue weighted by Crippen LogP contribution is -2.47. The summed E-state index contributed by atoms with van der Waals surface area (Å²) in [6, 6.07) is 5.43. The Morgan fingerprint density at radius 3 is 2.72 bits per heavy atom. The molecule has 2 rings (SSSR count). The Hall–Kier alpha value is -0.540. The van der Waals surface area contributed by atoms with Gasteiger partial charge in [0.15, 0.2) is 0 Å². The number of alkyl halides is 1. The van der Waals surface area contributed by atoms with E-state index in [2.05, 4.69) is 21.2 Å². The lowest BCUT2D eigenvalue weighted by Gasteiger charge is -2.28. The Balaban J connectivity index is 2.18. The van der Waals surface area contributed by atoms with Crippen LogP contribution in [-0.4, -0.2) is 16.8 Å². The zero-order valence-corrected chi connectivity index (χ0v) is 12.8. The van der Waals surface area contributed by atoms with Crippen molar-refractivity contribution in [2.45, 2.75) is 38.1 Å². The van der Waals surface area contributed by atoms with Crippen LogP contribution < -0.4 is 5.32 Å². The van der Waals surface area contributed by atoms with E-state index >= 15 is 0 Å². The Bertz CT molecular complexity index is 455. The average Bonchev–Trinajstić information content (AvgIpc) is 2.81. The highest BCUT2D eigenvalue weighted by molar-refractivity contribution is 9.09. The number of nitrogens with one attached hydrogen (secondary N) is 1. The number of aryl methyl sites for hydroxylation is 1. The van der Waals surface area contributed by atoms with E-state index < -0.39 is 0 Å². The summed E-state index contributed by atoms with van der Waals surface area (Å²) in [6.07, 6.45) is 4.45. The zero-order chi connectivity index (χ0) is 13.2. The highest BCUT2D eigenvalue weighted by atomic mass is 79.9. The third kappa shape index (κ3) is 2.89. The second kappa shape index (κ2) is 5.62. The van der Waals surface area contributed by atoms with E-state index in [0.29, 0.717) is 10.6 Å². The first-order chi connectivity index (χ1) is 8.56. The summed E-state index contributed by atoms with van der Waals surface area (Å²) in [5.74, 6) is -0.0173. The molecule has 0 spiro atoms. The lowest BCUT2D eigenvalue weighted by molar-refractivity contribution is 0.0910. The molecule has 2 nitrogen and oxygen atoms in total. The van der Waals surface area contributed by atoms with Gasteiger partial charge in [0.1, 0.15) is 0 Å². The van der Waals surface area contributed by atoms with Gasteiger partial charge in [-0.15, -0.1) is 0 Å². The number of carbonyl (C=O) groups excluding carboxylic acids is 1. The molecule has 1 amide bonds. The van der Waals surface area contributed by atoms with Crippen molar-refractivity contribution < 1.29 is 4.79 Å². The molecule has 0 radical (unpaired) electrons. The van der Waals surface area contributed by atoms with Gasteiger partial charge in [-0.2, -0.15) is 0 Å². The number of rotatable bonds is 3. The van der Waals surface area contributed by atoms with Crippen molar-refractivity contribution in [3.8, 4) is 0 Å². The zero-order valence-electron chi connectivity index (χ0n) is 10.4. The molecular formula is C14H17BrClNO. The van der Waals surface area contributed by atoms with E-state index in [-0.39, 0.29) is 11.4 Å². The molecule has 0 aromatic heterocycles. The van der Waals surface area contributed by atoms with Crippen LogP contribution in [0.4, 0.5) is 0 Å². The summed E-state index contributed by atoms with van der Waals surface area (Å²) < 4.78 is 0. The number of carbonyl (C=O) groups is 1. The predicted molar refractivity (Wildman–Crippen MR) is 78.6 cm³/mol. The van der Waals surface area contributed by atoms with E-state index in [9.17, 15) is 4.79 Å². The van der Waals surface area contributed by atoms with Gasteiger partial charge in [0.25, 0.3) is 5.91 Å². The van der Waals surface area contributed by atoms with Crippen LogP contribution in [-0.2, 0) is 0 Å². The smallest absolute Gasteiger partial charge is 0.252 e. The second-order valence-corrected chi connectivity index (χ2v) is 6.03. The monoisotopic (exact) mass is 329 g/mol. The first-order valence-electron chi connectivity index (χ1n) is 6.21. The fraction of sp³-hybridized carbons (Fsp3) is 0.500. The van der Waals surface area contributed by atoms with Gasteiger partial charge in [0.2, 0.25) is 0 Å². The van der Waals surface area contributed by atoms with Gasteiger partial charge in [-0.05, 0) is 37.5 Å². The normalized spacial score (nSPS) is 17.7. The highest BCUT2D eigenvalue weighted by Crippen LogP contribution is 2.31. The molecule has 0 heterocycles. The van der Waals surface area contributed by atoms with Crippen LogP contribution in [0.15, 0.2) is 18.2 Å². The van der Waals surface area contributed by atoms with Crippen LogP contribution in [0.2, 0.25) is 5.02 Å². The summed E-state index contributed by atoms with van der Waals surface area (Å²) >= 11 is 9.48. The van der Waals surface area contributed by atoms with Crippen molar-refractivity contribution in [3.63, 3.8) is 0 Å². The maximum Gasteiger partial charge on any atom is 0.252 e. The summed E-state index contributed by atoms with van der Waals surface area (Å²) in [5.41, 5.74) is 1.56. The Kier molecular flexibility index (Phi) is 4.33. The fourth-order valence-corrected chi connectivity index (χ4v) is 3.36. The molecule has 0 saturated heterocycles. The van der Waals surface area contributed by atoms with Crippen molar-refractivity contribution >= 4 is 33.4 Å². The van der Waals surface area contributed by atoms with Crippen LogP contribution in [0.5, 0.6) is 0 Å². The fourth-order valence-electron chi connectivity index (χ4n) is 2.49. The van der Waals surface area contributed by atoms with Gasteiger partial charge >= 0.3 is 0 Å². The lowest BCUT2D eigenvalue weighted by atomic mass is 9.99. The van der Waals surface area contributed by atoms with Crippen molar-refractivity contribution in [1.29, 1.82) is 0 Å². The molecule has 1 N–H and O–H groups in total. The third-order valence-corrected chi connectivity index (χ3v) is 4.95. The molecule has 4 heteroatoms. The Labute approximate surface area is 121 Å². The van der Waals surface area contributed by atoms with Gasteiger partial charge in [0.05, 0.1) is 5.54 Å². The second-order valence-electron chi connectivity index (χ2n) is 5.03. The SMILES string of the molecule is Cc1ccc(Cl)cc1C(=O)NC1(CBr)CCCC1. The summed E-state index contributed by atoms with van der Waals surface area (Å²) in [6.45, 7) is 1.93. The van der Waals surface area contributed by atoms with Gasteiger partial charge in [0, 0.05) is 15.9 Å². The quantitative estimate of drug-likeness (QED) is 0.831. The van der Waals surface area contributed by atoms with E-state index in [4.69, 9.17) is 11.6 Å². The molecule has 0 atom stereocenters. The third-order valence-electron chi connectivity index (χ3n) is 3.64. The highest BCUT2D eigenvalue weighted by Gasteiger charge is 2.34. The molecule has 98 valence electrons. The molecule has 1 aromatic rings. The molecule has 1 aliphatic rings. The summed E-state index contributed by atoms with van der Waals surface area (Å²) in [7, 11) is 0. The maximum atomic E-state index is 12.3. The van der Waals surface area contributed by atoms with Crippen molar-refractivity contribution in [2.24, 2.45) is 0 Å². The number of hydrogen-bond acceptors (Lipinski definition) is 1. The van der Waals surface area contributed by atoms with Gasteiger partial charge in [-0.1, -0.05) is 46.4 Å². The molecule has 18 heavy (non-hydrogen) atoms. The van der Waals surface area contributed by atoms with Crippen LogP contribution in [0.3, 0.4) is 0 Å². The van der Waals surface area contributed by atoms with Crippen molar-refractivity contribution in [3.05, 3.63) is 34.3 Å². The molecule has 1 saturated carbocycles. The summed E-state index contributed by atoms with van der Waals surface area (Å²) in [5, 5.41) is 4.59. The van der Waals surface area contributed by atoms with E-state index in [1.165, 1.54) is 12.8 Å². The van der Waals surface area contributed by atoms with Crippen molar-refractivity contribution in [1.82, 2.24) is 5.32 Å². The molecule has 0 aliphatic heterocycles. The average molecular weight is 331 g/mol. The largest absolute Gasteiger partial charge is 0.346 e. The van der Waals surface area contributed by atoms with Crippen molar-refractivity contribution in [2.75, 3.05) is 5.33 Å². The number of hydrogen-bond donors (Lipinski definition) is 1. The molecular weight excluding hydrogens is 314 g/mol. The Morgan fingerprint density at radius 1 is 1.44 bits per heavy atom. The number of benzene rings is 1. The first-order valence-corrected chi connectivity index (χ1v) is 7.71. The van der Waals surface area contributed by atoms with E-state index in [0.717, 1.165) is 23.7 Å². The molecule has 0 unspecified atom stereocenters. The first kappa shape index (κ1) is 13.9. The molecule has 0 bridgehead atoms. The van der Waals surface area contributed by atoms with E-state index in [1.807, 2.05) is 19.1 Å². The topological polar surface area (TPSA) is 29.1 Å². The molecule has 1 aliphatic carbocycles. The van der Waals surface area contributed by atoms with Gasteiger partial charge in [-0.25, -0.2) is 0 Å². The minimum absolute atomic E-state index is 0.0173. The minimum atomic E-state index is -0.0775. The minimum Gasteiger partial charge on any atom is -0.346 e. The van der Waals surface area contributed by atoms with Crippen LogP contribution >= 0.6 is 27.5 Å². The number of halogens is 2. The number of amides is 1. The standard InChI is InChI=1S/C14H17BrClNO/c1-10-4-5-11(16)8-12(10)13(18)17-14(9-15)6-2-3-7-14/h4-5,8H,2-3,6-7,9H2,1H3,(H,17,18). The van der Waals surface area contributed by atoms with E-state index in [1.54, 1.807) is 6.07 Å².